The third-order valence-corrected chi connectivity index (χ3v) is 7.78. The summed E-state index contributed by atoms with van der Waals surface area (Å²) in [6, 6.07) is 21.2. The Morgan fingerprint density at radius 1 is 0.655 bits per heavy atom. The first-order chi connectivity index (χ1) is 26.2. The van der Waals surface area contributed by atoms with Gasteiger partial charge in [0.25, 0.3) is 0 Å². The number of carboxylic acid groups (broad SMARTS) is 5. The van der Waals surface area contributed by atoms with E-state index in [4.69, 9.17) is 37.0 Å². The van der Waals surface area contributed by atoms with Crippen LogP contribution in [-0.2, 0) is 11.2 Å². The number of nitrogen functional groups attached to an aromatic ring is 2. The van der Waals surface area contributed by atoms with Crippen molar-refractivity contribution in [1.29, 1.82) is 0 Å². The molecule has 0 saturated carbocycles. The molecule has 20 heteroatoms. The number of anilines is 2. The van der Waals surface area contributed by atoms with Crippen LogP contribution in [0.1, 0.15) is 47.4 Å². The predicted octanol–water partition coefficient (Wildman–Crippen LogP) is 5.04. The lowest BCUT2D eigenvalue weighted by atomic mass is 10.1. The van der Waals surface area contributed by atoms with Gasteiger partial charge in [0, 0.05) is 51.3 Å². The van der Waals surface area contributed by atoms with E-state index in [9.17, 15) is 24.0 Å². The van der Waals surface area contributed by atoms with Crippen LogP contribution in [0.2, 0.25) is 0 Å². The Morgan fingerprint density at radius 3 is 1.91 bits per heavy atom. The average molecular weight is 770 g/mol. The van der Waals surface area contributed by atoms with Crippen molar-refractivity contribution < 1.29 is 49.5 Å². The zero-order valence-electron chi connectivity index (χ0n) is 28.1. The van der Waals surface area contributed by atoms with Gasteiger partial charge < -0.3 is 52.0 Å². The molecule has 8 aromatic rings. The van der Waals surface area contributed by atoms with Crippen LogP contribution in [0.4, 0.5) is 11.1 Å². The maximum atomic E-state index is 10.7. The molecule has 0 bridgehead atoms. The van der Waals surface area contributed by atoms with Gasteiger partial charge in [-0.25, -0.2) is 24.2 Å². The number of aliphatic carboxylic acids is 1. The number of nitrogens with zero attached hydrogens (tertiary/aromatic N) is 3. The second-order valence-corrected chi connectivity index (χ2v) is 11.7. The van der Waals surface area contributed by atoms with Gasteiger partial charge in [-0.2, -0.15) is 4.98 Å². The Hall–Kier alpha value is -8.00. The van der Waals surface area contributed by atoms with Crippen LogP contribution in [0.25, 0.3) is 32.7 Å². The fraction of sp³-hybridized carbons (Fsp3) is 0.0286. The molecule has 5 aromatic heterocycles. The molecule has 0 saturated heterocycles. The number of thiazole rings is 1. The van der Waals surface area contributed by atoms with Gasteiger partial charge >= 0.3 is 29.8 Å². The van der Waals surface area contributed by atoms with E-state index >= 15 is 0 Å². The van der Waals surface area contributed by atoms with E-state index < -0.39 is 29.8 Å². The highest BCUT2D eigenvalue weighted by molar-refractivity contribution is 7.13. The number of hydrogen-bond acceptors (Lipinski definition) is 11. The van der Waals surface area contributed by atoms with Gasteiger partial charge in [0.2, 0.25) is 11.8 Å². The van der Waals surface area contributed by atoms with Gasteiger partial charge in [0.05, 0.1) is 28.8 Å². The minimum Gasteiger partial charge on any atom is -0.481 e. The molecule has 55 heavy (non-hydrogen) atoms. The zero-order chi connectivity index (χ0) is 40.1. The van der Waals surface area contributed by atoms with Crippen molar-refractivity contribution in [1.82, 2.24) is 35.1 Å². The molecule has 3 aromatic carbocycles. The van der Waals surface area contributed by atoms with Gasteiger partial charge in [0.15, 0.2) is 5.13 Å². The number of aromatic amines is 4. The molecule has 5 heterocycles. The number of H-pyrrole nitrogens is 4. The summed E-state index contributed by atoms with van der Waals surface area (Å²) in [7, 11) is 0. The molecular weight excluding hydrogens is 739 g/mol. The summed E-state index contributed by atoms with van der Waals surface area (Å²) in [6.45, 7) is 0. The van der Waals surface area contributed by atoms with Crippen molar-refractivity contribution >= 4 is 85.0 Å². The molecule has 0 spiro atoms. The van der Waals surface area contributed by atoms with Crippen LogP contribution in [0.3, 0.4) is 0 Å². The molecule has 282 valence electrons. The van der Waals surface area contributed by atoms with Crippen LogP contribution in [0, 0.1) is 0 Å². The molecule has 19 nitrogen and oxygen atoms in total. The van der Waals surface area contributed by atoms with E-state index in [-0.39, 0.29) is 18.2 Å². The smallest absolute Gasteiger partial charge is 0.373 e. The van der Waals surface area contributed by atoms with Crippen molar-refractivity contribution in [3.05, 3.63) is 125 Å². The van der Waals surface area contributed by atoms with E-state index in [1.165, 1.54) is 17.5 Å². The largest absolute Gasteiger partial charge is 0.481 e. The fourth-order valence-electron chi connectivity index (χ4n) is 4.63. The average Bonchev–Trinajstić information content (AvgIpc) is 3.99. The van der Waals surface area contributed by atoms with Crippen LogP contribution in [-0.4, -0.2) is 90.5 Å². The molecule has 0 amide bonds. The Kier molecular flexibility index (Phi) is 13.4. The summed E-state index contributed by atoms with van der Waals surface area (Å²) >= 11 is 1.25. The fourth-order valence-corrected chi connectivity index (χ4v) is 5.19. The molecule has 0 radical (unpaired) electrons. The third-order valence-electron chi connectivity index (χ3n) is 7.05. The molecule has 0 atom stereocenters. The van der Waals surface area contributed by atoms with Gasteiger partial charge in [0.1, 0.15) is 0 Å². The second kappa shape index (κ2) is 18.5. The topological polar surface area (TPSA) is 340 Å². The number of nitrogens with two attached hydrogens (primary N) is 2. The molecule has 0 aliphatic heterocycles. The van der Waals surface area contributed by atoms with Crippen molar-refractivity contribution in [2.24, 2.45) is 0 Å². The van der Waals surface area contributed by atoms with Crippen LogP contribution in [0.15, 0.2) is 96.8 Å². The number of fused-ring (bicyclic) bond motifs is 3. The Labute approximate surface area is 311 Å². The van der Waals surface area contributed by atoms with Crippen molar-refractivity contribution in [2.45, 2.75) is 6.42 Å². The minimum absolute atomic E-state index is 0.0479. The van der Waals surface area contributed by atoms with Gasteiger partial charge in [-0.3, -0.25) is 9.89 Å². The van der Waals surface area contributed by atoms with Crippen molar-refractivity contribution in [2.75, 3.05) is 11.5 Å². The van der Waals surface area contributed by atoms with Gasteiger partial charge in [-0.1, -0.05) is 30.3 Å². The predicted molar refractivity (Wildman–Crippen MR) is 201 cm³/mol. The van der Waals surface area contributed by atoms with Crippen LogP contribution < -0.4 is 11.5 Å². The maximum absolute atomic E-state index is 10.7. The normalized spacial score (nSPS) is 10.0. The number of rotatable bonds is 6. The van der Waals surface area contributed by atoms with Crippen molar-refractivity contribution in [3.8, 4) is 0 Å². The number of carboxylic acids is 5. The first-order valence-electron chi connectivity index (χ1n) is 15.5. The number of aromatic nitrogens is 7. The second-order valence-electron chi connectivity index (χ2n) is 10.8. The summed E-state index contributed by atoms with van der Waals surface area (Å²) in [6.07, 6.45) is 4.98. The van der Waals surface area contributed by atoms with E-state index in [1.807, 2.05) is 30.3 Å². The highest BCUT2D eigenvalue weighted by Crippen LogP contribution is 2.18. The molecule has 0 unspecified atom stereocenters. The van der Waals surface area contributed by atoms with E-state index in [0.29, 0.717) is 27.5 Å². The van der Waals surface area contributed by atoms with Crippen molar-refractivity contribution in [3.63, 3.8) is 0 Å². The monoisotopic (exact) mass is 769 g/mol. The summed E-state index contributed by atoms with van der Waals surface area (Å²) < 4.78 is 0. The molecule has 13 N–H and O–H groups in total. The lowest BCUT2D eigenvalue weighted by Gasteiger charge is -1.94. The SMILES string of the molecule is Nc1n[nH]c(C(=O)O)n1.Nc1nc(CC(=O)O)cs1.O=C(O)c1c[nH]c2ccccc12.O=C(O)c1ccc2cc[nH]c2c1.O=C(O)c1cccc2[nH]ccc12. The first-order valence-corrected chi connectivity index (χ1v) is 16.3. The lowest BCUT2D eigenvalue weighted by molar-refractivity contribution is -0.136. The van der Waals surface area contributed by atoms with Crippen LogP contribution in [0.5, 0.6) is 0 Å². The van der Waals surface area contributed by atoms with Gasteiger partial charge in [-0.05, 0) is 47.9 Å². The Balaban J connectivity index is 0.000000154. The van der Waals surface area contributed by atoms with E-state index in [2.05, 4.69) is 35.1 Å². The summed E-state index contributed by atoms with van der Waals surface area (Å²) in [4.78, 5) is 67.9. The number of benzene rings is 3. The highest BCUT2D eigenvalue weighted by atomic mass is 32.1. The number of nitrogens with one attached hydrogen (secondary N) is 4. The van der Waals surface area contributed by atoms with Gasteiger partial charge in [-0.15, -0.1) is 16.4 Å². The summed E-state index contributed by atoms with van der Waals surface area (Å²) in [5.41, 5.74) is 14.3. The third kappa shape index (κ3) is 11.2. The summed E-state index contributed by atoms with van der Waals surface area (Å²) in [5, 5.41) is 52.7. The number of para-hydroxylation sites is 1. The number of hydrogen-bond donors (Lipinski definition) is 11. The van der Waals surface area contributed by atoms with Crippen LogP contribution >= 0.6 is 11.3 Å². The molecular formula is C35H31N9O10S. The number of carbonyl (C=O) groups is 5. The quantitative estimate of drug-likeness (QED) is 0.106. The standard InChI is InChI=1S/3C9H7NO2.C5H6N2O2S.C3H4N4O2/c11-9(12)7-2-1-6-3-4-10-8(6)5-7;11-9(12)7-2-1-3-8-6(7)4-5-10-8;11-9(12)7-5-10-8-4-2-1-3-6(7)8;6-5-7-3(2-10-5)1-4(8)9;4-3-5-1(2(8)9)6-7-3/h3*1-5,10H,(H,11,12);2H,1H2,(H2,6,7)(H,8,9);(H,8,9)(H3,4,5,6,7). The minimum atomic E-state index is -1.17. The molecule has 0 aliphatic rings. The zero-order valence-corrected chi connectivity index (χ0v) is 28.9. The first kappa shape index (κ1) is 39.8. The lowest BCUT2D eigenvalue weighted by Crippen LogP contribution is -2.00. The van der Waals surface area contributed by atoms with E-state index in [0.717, 1.165) is 32.7 Å². The Morgan fingerprint density at radius 2 is 1.31 bits per heavy atom. The maximum Gasteiger partial charge on any atom is 0.373 e. The summed E-state index contributed by atoms with van der Waals surface area (Å²) in [5.74, 6) is -5.04. The van der Waals surface area contributed by atoms with E-state index in [1.54, 1.807) is 60.2 Å². The highest BCUT2D eigenvalue weighted by Gasteiger charge is 2.09. The molecule has 0 aliphatic carbocycles. The molecule has 0 fully saturated rings. The molecule has 8 rings (SSSR count). The number of aromatic carboxylic acids is 4. The Bertz CT molecular complexity index is 2580.